The highest BCUT2D eigenvalue weighted by Crippen LogP contribution is 2.24. The molecule has 0 bridgehead atoms. The van der Waals surface area contributed by atoms with Crippen LogP contribution in [0.25, 0.3) is 0 Å². The maximum Gasteiger partial charge on any atom is 0.373 e. The molecule has 3 N–H and O–H groups in total. The Morgan fingerprint density at radius 2 is 2.05 bits per heavy atom. The zero-order valence-corrected chi connectivity index (χ0v) is 10.9. The lowest BCUT2D eigenvalue weighted by atomic mass is 10.3. The third-order valence-electron chi connectivity index (χ3n) is 2.27. The molecular weight excluding hydrogens is 306 g/mol. The lowest BCUT2D eigenvalue weighted by Crippen LogP contribution is -2.15. The summed E-state index contributed by atoms with van der Waals surface area (Å²) in [7, 11) is -4.33. The van der Waals surface area contributed by atoms with Gasteiger partial charge in [0, 0.05) is 6.07 Å². The Bertz CT molecular complexity index is 814. The molecule has 0 aliphatic carbocycles. The van der Waals surface area contributed by atoms with Gasteiger partial charge in [-0.15, -0.1) is 5.10 Å². The molecule has 0 fully saturated rings. The molecule has 0 spiro atoms. The van der Waals surface area contributed by atoms with Gasteiger partial charge >= 0.3 is 5.97 Å². The molecule has 0 aliphatic heterocycles. The minimum Gasteiger partial charge on any atom is -0.475 e. The lowest BCUT2D eigenvalue weighted by Gasteiger charge is -2.04. The van der Waals surface area contributed by atoms with Gasteiger partial charge in [-0.05, 0) is 6.07 Å². The van der Waals surface area contributed by atoms with Crippen LogP contribution in [0.3, 0.4) is 0 Å². The van der Waals surface area contributed by atoms with E-state index in [0.29, 0.717) is 0 Å². The number of benzene rings is 1. The van der Waals surface area contributed by atoms with E-state index in [1.165, 1.54) is 12.1 Å². The second-order valence-corrected chi connectivity index (χ2v) is 5.29. The van der Waals surface area contributed by atoms with Crippen LogP contribution in [0.1, 0.15) is 10.6 Å². The molecule has 2 aromatic rings. The third kappa shape index (κ3) is 2.94. The molecular formula is C9H7N5O6S. The summed E-state index contributed by atoms with van der Waals surface area (Å²) in [5, 5.41) is 24.8. The van der Waals surface area contributed by atoms with Crippen molar-refractivity contribution in [1.82, 2.24) is 15.2 Å². The Kier molecular flexibility index (Phi) is 3.54. The summed E-state index contributed by atoms with van der Waals surface area (Å²) in [6, 6.07) is 4.68. The Balaban J connectivity index is 2.38. The zero-order chi connectivity index (χ0) is 15.6. The number of carboxylic acids is 1. The number of hydrogen-bond donors (Lipinski definition) is 3. The first-order valence-electron chi connectivity index (χ1n) is 5.23. The summed E-state index contributed by atoms with van der Waals surface area (Å²) >= 11 is 0. The second kappa shape index (κ2) is 5.16. The first-order valence-corrected chi connectivity index (χ1v) is 6.71. The zero-order valence-electron chi connectivity index (χ0n) is 10.0. The number of H-pyrrole nitrogens is 1. The predicted molar refractivity (Wildman–Crippen MR) is 67.2 cm³/mol. The number of nitrogens with one attached hydrogen (secondary N) is 2. The Labute approximate surface area is 116 Å². The standard InChI is InChI=1S/C9H7N5O6S/c15-8(16)7-10-9(12-11-7)13-21(19,20)6-4-2-1-3-5(6)14(17)18/h1-4H,(H,15,16)(H2,10,11,12,13). The van der Waals surface area contributed by atoms with E-state index in [0.717, 1.165) is 12.1 Å². The number of carboxylic acid groups (broad SMARTS) is 1. The normalized spacial score (nSPS) is 11.0. The summed E-state index contributed by atoms with van der Waals surface area (Å²) in [5.74, 6) is -2.54. The van der Waals surface area contributed by atoms with Gasteiger partial charge in [0.25, 0.3) is 21.7 Å². The number of nitrogens with zero attached hydrogens (tertiary/aromatic N) is 3. The number of sulfonamides is 1. The average molecular weight is 313 g/mol. The first kappa shape index (κ1) is 14.4. The van der Waals surface area contributed by atoms with Crippen molar-refractivity contribution in [2.24, 2.45) is 0 Å². The van der Waals surface area contributed by atoms with Crippen LogP contribution < -0.4 is 4.72 Å². The van der Waals surface area contributed by atoms with Crippen LogP contribution in [0.2, 0.25) is 0 Å². The van der Waals surface area contributed by atoms with Crippen LogP contribution in [-0.2, 0) is 10.0 Å². The summed E-state index contributed by atoms with van der Waals surface area (Å²) in [6.45, 7) is 0. The molecule has 0 radical (unpaired) electrons. The minimum atomic E-state index is -4.33. The fraction of sp³-hybridized carbons (Fsp3) is 0. The molecule has 0 aliphatic rings. The number of nitro groups is 1. The molecule has 1 heterocycles. The molecule has 1 aromatic carbocycles. The van der Waals surface area contributed by atoms with E-state index >= 15 is 0 Å². The van der Waals surface area contributed by atoms with Gasteiger partial charge in [0.2, 0.25) is 5.82 Å². The summed E-state index contributed by atoms with van der Waals surface area (Å²) in [4.78, 5) is 23.3. The van der Waals surface area contributed by atoms with Crippen LogP contribution in [0.15, 0.2) is 29.2 Å². The number of aromatic amines is 1. The predicted octanol–water partition coefficient (Wildman–Crippen LogP) is 0.212. The SMILES string of the molecule is O=C(O)c1nc(NS(=O)(=O)c2ccccc2[N+](=O)[O-])n[nH]1. The van der Waals surface area contributed by atoms with E-state index in [2.05, 4.69) is 10.1 Å². The Hall–Kier alpha value is -3.02. The first-order chi connectivity index (χ1) is 9.81. The quantitative estimate of drug-likeness (QED) is 0.519. The van der Waals surface area contributed by atoms with Crippen molar-refractivity contribution < 1.29 is 23.2 Å². The number of anilines is 1. The van der Waals surface area contributed by atoms with Gasteiger partial charge in [-0.25, -0.2) is 17.9 Å². The van der Waals surface area contributed by atoms with Gasteiger partial charge in [-0.2, -0.15) is 4.98 Å². The summed E-state index contributed by atoms with van der Waals surface area (Å²) < 4.78 is 26.0. The van der Waals surface area contributed by atoms with Crippen molar-refractivity contribution in [3.8, 4) is 0 Å². The van der Waals surface area contributed by atoms with Crippen LogP contribution >= 0.6 is 0 Å². The highest BCUT2D eigenvalue weighted by Gasteiger charge is 2.26. The van der Waals surface area contributed by atoms with Crippen molar-refractivity contribution in [2.45, 2.75) is 4.90 Å². The van der Waals surface area contributed by atoms with Crippen molar-refractivity contribution >= 4 is 27.6 Å². The fourth-order valence-electron chi connectivity index (χ4n) is 1.41. The molecule has 2 rings (SSSR count). The van der Waals surface area contributed by atoms with E-state index in [1.54, 1.807) is 0 Å². The van der Waals surface area contributed by atoms with Crippen LogP contribution in [-0.4, -0.2) is 39.6 Å². The van der Waals surface area contributed by atoms with Gasteiger partial charge < -0.3 is 5.11 Å². The van der Waals surface area contributed by atoms with Gasteiger partial charge in [-0.3, -0.25) is 15.2 Å². The van der Waals surface area contributed by atoms with Crippen LogP contribution in [0.4, 0.5) is 11.6 Å². The molecule has 21 heavy (non-hydrogen) atoms. The number of hydrogen-bond acceptors (Lipinski definition) is 7. The Morgan fingerprint density at radius 1 is 1.38 bits per heavy atom. The molecule has 0 amide bonds. The van der Waals surface area contributed by atoms with Crippen molar-refractivity contribution in [3.63, 3.8) is 0 Å². The van der Waals surface area contributed by atoms with Gasteiger partial charge in [0.05, 0.1) is 4.92 Å². The number of para-hydroxylation sites is 1. The number of carbonyl (C=O) groups is 1. The maximum absolute atomic E-state index is 12.0. The number of nitro benzene ring substituents is 1. The van der Waals surface area contributed by atoms with Crippen molar-refractivity contribution in [3.05, 3.63) is 40.2 Å². The largest absolute Gasteiger partial charge is 0.475 e. The van der Waals surface area contributed by atoms with Crippen LogP contribution in [0, 0.1) is 10.1 Å². The summed E-state index contributed by atoms with van der Waals surface area (Å²) in [6.07, 6.45) is 0. The van der Waals surface area contributed by atoms with Crippen molar-refractivity contribution in [1.29, 1.82) is 0 Å². The van der Waals surface area contributed by atoms with E-state index in [4.69, 9.17) is 5.11 Å². The molecule has 110 valence electrons. The molecule has 11 nitrogen and oxygen atoms in total. The molecule has 0 saturated carbocycles. The number of rotatable bonds is 5. The van der Waals surface area contributed by atoms with E-state index in [9.17, 15) is 23.3 Å². The van der Waals surface area contributed by atoms with Crippen molar-refractivity contribution in [2.75, 3.05) is 4.72 Å². The second-order valence-electron chi connectivity index (χ2n) is 3.64. The molecule has 1 aromatic heterocycles. The van der Waals surface area contributed by atoms with E-state index in [-0.39, 0.29) is 0 Å². The number of aromatic carboxylic acids is 1. The van der Waals surface area contributed by atoms with Crippen LogP contribution in [0.5, 0.6) is 0 Å². The minimum absolute atomic E-state index is 0.537. The smallest absolute Gasteiger partial charge is 0.373 e. The molecule has 0 saturated heterocycles. The van der Waals surface area contributed by atoms with E-state index < -0.39 is 43.3 Å². The topological polar surface area (TPSA) is 168 Å². The van der Waals surface area contributed by atoms with Gasteiger partial charge in [0.1, 0.15) is 0 Å². The highest BCUT2D eigenvalue weighted by atomic mass is 32.2. The van der Waals surface area contributed by atoms with Gasteiger partial charge in [0.15, 0.2) is 4.90 Å². The lowest BCUT2D eigenvalue weighted by molar-refractivity contribution is -0.387. The highest BCUT2D eigenvalue weighted by molar-refractivity contribution is 7.92. The summed E-state index contributed by atoms with van der Waals surface area (Å²) in [5.41, 5.74) is -0.626. The monoisotopic (exact) mass is 313 g/mol. The fourth-order valence-corrected chi connectivity index (χ4v) is 2.53. The average Bonchev–Trinajstić information content (AvgIpc) is 2.86. The third-order valence-corrected chi connectivity index (χ3v) is 3.64. The Morgan fingerprint density at radius 3 is 2.62 bits per heavy atom. The molecule has 0 atom stereocenters. The molecule has 0 unspecified atom stereocenters. The van der Waals surface area contributed by atoms with Gasteiger partial charge in [-0.1, -0.05) is 12.1 Å². The number of aromatic nitrogens is 3. The van der Waals surface area contributed by atoms with E-state index in [1.807, 2.05) is 9.82 Å². The molecule has 12 heteroatoms. The maximum atomic E-state index is 12.0.